The van der Waals surface area contributed by atoms with Crippen LogP contribution in [0.5, 0.6) is 0 Å². The van der Waals surface area contributed by atoms with Gasteiger partial charge in [-0.1, -0.05) is 28.1 Å². The molecule has 3 nitrogen and oxygen atoms in total. The molecule has 1 aliphatic carbocycles. The van der Waals surface area contributed by atoms with Crippen molar-refractivity contribution in [1.82, 2.24) is 0 Å². The lowest BCUT2D eigenvalue weighted by Crippen LogP contribution is -2.31. The van der Waals surface area contributed by atoms with Gasteiger partial charge in [-0.2, -0.15) is 0 Å². The van der Waals surface area contributed by atoms with E-state index in [1.807, 2.05) is 18.2 Å². The van der Waals surface area contributed by atoms with Crippen molar-refractivity contribution in [3.8, 4) is 0 Å². The third-order valence-corrected chi connectivity index (χ3v) is 4.52. The van der Waals surface area contributed by atoms with Crippen molar-refractivity contribution in [2.45, 2.75) is 31.4 Å². The molecular formula is C14H17BrN2OS. The summed E-state index contributed by atoms with van der Waals surface area (Å²) in [5, 5.41) is 3.58. The molecule has 1 aromatic carbocycles. The van der Waals surface area contributed by atoms with Crippen LogP contribution >= 0.6 is 28.1 Å². The second-order valence-electron chi connectivity index (χ2n) is 5.27. The van der Waals surface area contributed by atoms with Crippen molar-refractivity contribution < 1.29 is 4.74 Å². The Bertz CT molecular complexity index is 504. The molecule has 1 heterocycles. The van der Waals surface area contributed by atoms with Crippen molar-refractivity contribution in [1.29, 1.82) is 0 Å². The first-order valence-electron chi connectivity index (χ1n) is 6.62. The van der Waals surface area contributed by atoms with E-state index < -0.39 is 0 Å². The Morgan fingerprint density at radius 3 is 2.84 bits per heavy atom. The van der Waals surface area contributed by atoms with Gasteiger partial charge in [0.25, 0.3) is 0 Å². The van der Waals surface area contributed by atoms with E-state index in [9.17, 15) is 0 Å². The van der Waals surface area contributed by atoms with Gasteiger partial charge in [-0.25, -0.2) is 0 Å². The van der Waals surface area contributed by atoms with Crippen molar-refractivity contribution in [2.75, 3.05) is 11.9 Å². The topological polar surface area (TPSA) is 47.3 Å². The fourth-order valence-electron chi connectivity index (χ4n) is 2.70. The van der Waals surface area contributed by atoms with Gasteiger partial charge < -0.3 is 15.8 Å². The highest BCUT2D eigenvalue weighted by atomic mass is 79.9. The van der Waals surface area contributed by atoms with E-state index in [4.69, 9.17) is 22.7 Å². The first-order valence-corrected chi connectivity index (χ1v) is 7.83. The standard InChI is InChI=1S/C14H17BrN2OS/c15-9-3-4-11(10(7-9)14(16)19)17-12-5-6-18-13(12)8-1-2-8/h3-4,7-8,12-13,17H,1-2,5-6H2,(H2,16,19). The van der Waals surface area contributed by atoms with Crippen molar-refractivity contribution in [2.24, 2.45) is 11.7 Å². The molecule has 3 rings (SSSR count). The van der Waals surface area contributed by atoms with Crippen LogP contribution in [0.1, 0.15) is 24.8 Å². The van der Waals surface area contributed by atoms with E-state index >= 15 is 0 Å². The maximum atomic E-state index is 5.85. The lowest BCUT2D eigenvalue weighted by Gasteiger charge is -2.22. The number of hydrogen-bond donors (Lipinski definition) is 2. The van der Waals surface area contributed by atoms with Crippen LogP contribution in [-0.4, -0.2) is 23.7 Å². The van der Waals surface area contributed by atoms with Gasteiger partial charge in [0, 0.05) is 22.3 Å². The molecule has 2 fully saturated rings. The van der Waals surface area contributed by atoms with E-state index in [1.54, 1.807) is 0 Å². The van der Waals surface area contributed by atoms with Crippen LogP contribution in [0.3, 0.4) is 0 Å². The lowest BCUT2D eigenvalue weighted by atomic mass is 10.0. The third kappa shape index (κ3) is 2.93. The Labute approximate surface area is 127 Å². The zero-order valence-electron chi connectivity index (χ0n) is 10.6. The molecular weight excluding hydrogens is 324 g/mol. The number of ether oxygens (including phenoxy) is 1. The minimum absolute atomic E-state index is 0.350. The summed E-state index contributed by atoms with van der Waals surface area (Å²) < 4.78 is 6.84. The molecule has 0 amide bonds. The summed E-state index contributed by atoms with van der Waals surface area (Å²) >= 11 is 8.58. The van der Waals surface area contributed by atoms with Crippen LogP contribution in [0.4, 0.5) is 5.69 Å². The number of rotatable bonds is 4. The third-order valence-electron chi connectivity index (χ3n) is 3.81. The van der Waals surface area contributed by atoms with Gasteiger partial charge in [0.05, 0.1) is 12.1 Å². The Morgan fingerprint density at radius 2 is 2.16 bits per heavy atom. The highest BCUT2D eigenvalue weighted by Gasteiger charge is 2.40. The maximum absolute atomic E-state index is 5.85. The summed E-state index contributed by atoms with van der Waals surface area (Å²) in [6.07, 6.45) is 3.99. The molecule has 1 aliphatic heterocycles. The Balaban J connectivity index is 1.80. The molecule has 1 saturated carbocycles. The number of halogens is 1. The molecule has 19 heavy (non-hydrogen) atoms. The monoisotopic (exact) mass is 340 g/mol. The highest BCUT2D eigenvalue weighted by molar-refractivity contribution is 9.10. The molecule has 1 saturated heterocycles. The summed E-state index contributed by atoms with van der Waals surface area (Å²) in [5.41, 5.74) is 7.71. The van der Waals surface area contributed by atoms with Gasteiger partial charge in [0.2, 0.25) is 0 Å². The molecule has 0 radical (unpaired) electrons. The smallest absolute Gasteiger partial charge is 0.106 e. The number of nitrogens with one attached hydrogen (secondary N) is 1. The number of nitrogens with two attached hydrogens (primary N) is 1. The number of benzene rings is 1. The van der Waals surface area contributed by atoms with Gasteiger partial charge in [0.1, 0.15) is 4.99 Å². The molecule has 0 aromatic heterocycles. The predicted octanol–water partition coefficient (Wildman–Crippen LogP) is 3.06. The van der Waals surface area contributed by atoms with Crippen molar-refractivity contribution in [3.05, 3.63) is 28.2 Å². The fourth-order valence-corrected chi connectivity index (χ4v) is 3.23. The quantitative estimate of drug-likeness (QED) is 0.827. The first-order chi connectivity index (χ1) is 9.15. The van der Waals surface area contributed by atoms with Gasteiger partial charge in [-0.3, -0.25) is 0 Å². The zero-order valence-corrected chi connectivity index (χ0v) is 13.0. The highest BCUT2D eigenvalue weighted by Crippen LogP contribution is 2.40. The van der Waals surface area contributed by atoms with Crippen molar-refractivity contribution in [3.63, 3.8) is 0 Å². The number of hydrogen-bond acceptors (Lipinski definition) is 3. The van der Waals surface area contributed by atoms with Crippen LogP contribution in [0.15, 0.2) is 22.7 Å². The van der Waals surface area contributed by atoms with Crippen LogP contribution < -0.4 is 11.1 Å². The number of thiocarbonyl (C=S) groups is 1. The van der Waals surface area contributed by atoms with Crippen LogP contribution in [0.25, 0.3) is 0 Å². The van der Waals surface area contributed by atoms with E-state index in [0.717, 1.165) is 34.7 Å². The van der Waals surface area contributed by atoms with E-state index in [2.05, 4.69) is 21.2 Å². The molecule has 0 spiro atoms. The van der Waals surface area contributed by atoms with Crippen LogP contribution in [-0.2, 0) is 4.74 Å². The molecule has 102 valence electrons. The minimum atomic E-state index is 0.350. The van der Waals surface area contributed by atoms with Gasteiger partial charge in [0.15, 0.2) is 0 Å². The lowest BCUT2D eigenvalue weighted by molar-refractivity contribution is 0.0898. The molecule has 1 aromatic rings. The summed E-state index contributed by atoms with van der Waals surface area (Å²) in [4.78, 5) is 0.422. The Morgan fingerprint density at radius 1 is 1.37 bits per heavy atom. The first kappa shape index (κ1) is 13.3. The zero-order chi connectivity index (χ0) is 13.4. The average molecular weight is 341 g/mol. The normalized spacial score (nSPS) is 26.4. The summed E-state index contributed by atoms with van der Waals surface area (Å²) in [5.74, 6) is 0.740. The van der Waals surface area contributed by atoms with Crippen molar-refractivity contribution >= 4 is 38.8 Å². The van der Waals surface area contributed by atoms with Gasteiger partial charge in [-0.05, 0) is 43.4 Å². The molecule has 2 unspecified atom stereocenters. The summed E-state index contributed by atoms with van der Waals surface area (Å²) in [6.45, 7) is 0.845. The largest absolute Gasteiger partial charge is 0.389 e. The van der Waals surface area contributed by atoms with E-state index in [-0.39, 0.29) is 0 Å². The van der Waals surface area contributed by atoms with Gasteiger partial charge in [-0.15, -0.1) is 0 Å². The minimum Gasteiger partial charge on any atom is -0.389 e. The second kappa shape index (κ2) is 5.38. The Hall–Kier alpha value is -0.650. The molecule has 5 heteroatoms. The number of anilines is 1. The van der Waals surface area contributed by atoms with Gasteiger partial charge >= 0.3 is 0 Å². The SMILES string of the molecule is NC(=S)c1cc(Br)ccc1NC1CCOC1C1CC1. The summed E-state index contributed by atoms with van der Waals surface area (Å²) in [7, 11) is 0. The van der Waals surface area contributed by atoms with Crippen LogP contribution in [0, 0.1) is 5.92 Å². The molecule has 2 atom stereocenters. The average Bonchev–Trinajstić information content (AvgIpc) is 3.12. The molecule has 3 N–H and O–H groups in total. The summed E-state index contributed by atoms with van der Waals surface area (Å²) in [6, 6.07) is 6.38. The fraction of sp³-hybridized carbons (Fsp3) is 0.500. The maximum Gasteiger partial charge on any atom is 0.106 e. The van der Waals surface area contributed by atoms with E-state index in [1.165, 1.54) is 12.8 Å². The predicted molar refractivity (Wildman–Crippen MR) is 84.5 cm³/mol. The second-order valence-corrected chi connectivity index (χ2v) is 6.62. The van der Waals surface area contributed by atoms with Crippen LogP contribution in [0.2, 0.25) is 0 Å². The molecule has 2 aliphatic rings. The Kier molecular flexibility index (Phi) is 3.78. The van der Waals surface area contributed by atoms with E-state index in [0.29, 0.717) is 17.1 Å². The molecule has 0 bridgehead atoms.